The minimum atomic E-state index is -0.736. The number of aliphatic hydroxyl groups excluding tert-OH is 1. The molecule has 2 heterocycles. The molecule has 0 spiro atoms. The summed E-state index contributed by atoms with van der Waals surface area (Å²) in [5.41, 5.74) is 4.33. The minimum Gasteiger partial charge on any atom is -0.384 e. The van der Waals surface area contributed by atoms with Gasteiger partial charge >= 0.3 is 0 Å². The lowest BCUT2D eigenvalue weighted by molar-refractivity contribution is 0.222. The topological polar surface area (TPSA) is 53.8 Å². The van der Waals surface area contributed by atoms with Crippen molar-refractivity contribution >= 4 is 21.8 Å². The van der Waals surface area contributed by atoms with Gasteiger partial charge in [-0.25, -0.2) is 9.07 Å². The van der Waals surface area contributed by atoms with Crippen LogP contribution in [-0.2, 0) is 0 Å². The van der Waals surface area contributed by atoms with Crippen molar-refractivity contribution in [2.75, 3.05) is 0 Å². The number of rotatable bonds is 3. The molecule has 3 aromatic carbocycles. The van der Waals surface area contributed by atoms with Crippen LogP contribution in [0, 0.1) is 5.82 Å². The molecular formula is C22H16FN3O. The number of hydrogen-bond donors (Lipinski definition) is 2. The van der Waals surface area contributed by atoms with Crippen LogP contribution >= 0.6 is 0 Å². The summed E-state index contributed by atoms with van der Waals surface area (Å²) in [5, 5.41) is 17.2. The predicted octanol–water partition coefficient (Wildman–Crippen LogP) is 4.73. The maximum Gasteiger partial charge on any atom is 0.123 e. The Balaban J connectivity index is 1.56. The highest BCUT2D eigenvalue weighted by Crippen LogP contribution is 2.31. The smallest absolute Gasteiger partial charge is 0.123 e. The molecule has 0 aliphatic heterocycles. The van der Waals surface area contributed by atoms with E-state index in [4.69, 9.17) is 0 Å². The number of aromatic amines is 1. The van der Waals surface area contributed by atoms with Gasteiger partial charge in [0.2, 0.25) is 0 Å². The van der Waals surface area contributed by atoms with E-state index in [-0.39, 0.29) is 5.82 Å². The van der Waals surface area contributed by atoms with Crippen molar-refractivity contribution in [3.8, 4) is 5.69 Å². The predicted molar refractivity (Wildman–Crippen MR) is 103 cm³/mol. The van der Waals surface area contributed by atoms with Crippen LogP contribution in [0.5, 0.6) is 0 Å². The minimum absolute atomic E-state index is 0.278. The summed E-state index contributed by atoms with van der Waals surface area (Å²) in [5.74, 6) is -0.278. The Bertz CT molecular complexity index is 1250. The lowest BCUT2D eigenvalue weighted by atomic mass is 10.00. The molecule has 0 fully saturated rings. The van der Waals surface area contributed by atoms with E-state index in [1.165, 1.54) is 12.1 Å². The van der Waals surface area contributed by atoms with Crippen molar-refractivity contribution in [3.63, 3.8) is 0 Å². The maximum atomic E-state index is 13.2. The fourth-order valence-electron chi connectivity index (χ4n) is 3.51. The first-order valence-corrected chi connectivity index (χ1v) is 8.68. The zero-order valence-electron chi connectivity index (χ0n) is 14.3. The fourth-order valence-corrected chi connectivity index (χ4v) is 3.51. The standard InChI is InChI=1S/C22H16FN3O/c23-16-6-8-17(9-7-16)26-21-10-5-14(11-15(21)12-25-26)22(27)19-13-24-20-4-2-1-3-18(19)20/h1-13,22,24,27H. The van der Waals surface area contributed by atoms with Crippen molar-refractivity contribution < 1.29 is 9.50 Å². The normalized spacial score (nSPS) is 12.7. The van der Waals surface area contributed by atoms with Crippen molar-refractivity contribution in [2.45, 2.75) is 6.10 Å². The van der Waals surface area contributed by atoms with Crippen LogP contribution in [0.4, 0.5) is 4.39 Å². The SMILES string of the molecule is OC(c1ccc2c(cnn2-c2ccc(F)cc2)c1)c1c[nH]c2ccccc12. The van der Waals surface area contributed by atoms with Crippen LogP contribution in [0.2, 0.25) is 0 Å². The zero-order valence-corrected chi connectivity index (χ0v) is 14.3. The van der Waals surface area contributed by atoms with Crippen LogP contribution in [0.25, 0.3) is 27.5 Å². The van der Waals surface area contributed by atoms with Gasteiger partial charge in [-0.15, -0.1) is 0 Å². The Morgan fingerprint density at radius 1 is 1.00 bits per heavy atom. The van der Waals surface area contributed by atoms with Gasteiger partial charge < -0.3 is 10.1 Å². The molecule has 0 saturated carbocycles. The first kappa shape index (κ1) is 15.8. The summed E-state index contributed by atoms with van der Waals surface area (Å²) >= 11 is 0. The number of hydrogen-bond acceptors (Lipinski definition) is 2. The van der Waals surface area contributed by atoms with Crippen molar-refractivity contribution in [1.29, 1.82) is 0 Å². The monoisotopic (exact) mass is 357 g/mol. The average molecular weight is 357 g/mol. The number of para-hydroxylation sites is 1. The highest BCUT2D eigenvalue weighted by Gasteiger charge is 2.16. The lowest BCUT2D eigenvalue weighted by Gasteiger charge is -2.11. The Kier molecular flexibility index (Phi) is 3.55. The number of nitrogens with one attached hydrogen (secondary N) is 1. The summed E-state index contributed by atoms with van der Waals surface area (Å²) < 4.78 is 14.9. The molecule has 1 unspecified atom stereocenters. The molecule has 0 aliphatic carbocycles. The van der Waals surface area contributed by atoms with E-state index in [2.05, 4.69) is 10.1 Å². The van der Waals surface area contributed by atoms with Gasteiger partial charge in [0.25, 0.3) is 0 Å². The molecule has 132 valence electrons. The van der Waals surface area contributed by atoms with Crippen LogP contribution in [0.15, 0.2) is 79.1 Å². The molecule has 0 radical (unpaired) electrons. The van der Waals surface area contributed by atoms with Crippen LogP contribution in [0.1, 0.15) is 17.2 Å². The Morgan fingerprint density at radius 3 is 2.67 bits per heavy atom. The zero-order chi connectivity index (χ0) is 18.4. The van der Waals surface area contributed by atoms with Crippen molar-refractivity contribution in [1.82, 2.24) is 14.8 Å². The summed E-state index contributed by atoms with van der Waals surface area (Å²) in [4.78, 5) is 3.20. The van der Waals surface area contributed by atoms with E-state index in [0.717, 1.165) is 38.6 Å². The summed E-state index contributed by atoms with van der Waals surface area (Å²) in [6, 6.07) is 19.9. The van der Waals surface area contributed by atoms with Crippen LogP contribution < -0.4 is 0 Å². The van der Waals surface area contributed by atoms with E-state index in [1.54, 1.807) is 23.0 Å². The molecule has 5 aromatic rings. The average Bonchev–Trinajstić information content (AvgIpc) is 3.32. The van der Waals surface area contributed by atoms with Crippen LogP contribution in [0.3, 0.4) is 0 Å². The molecule has 0 saturated heterocycles. The van der Waals surface area contributed by atoms with Gasteiger partial charge in [0.15, 0.2) is 0 Å². The Morgan fingerprint density at radius 2 is 1.81 bits per heavy atom. The molecule has 5 rings (SSSR count). The molecule has 27 heavy (non-hydrogen) atoms. The number of benzene rings is 3. The van der Waals surface area contributed by atoms with Crippen molar-refractivity contribution in [3.05, 3.63) is 96.1 Å². The molecule has 5 heteroatoms. The van der Waals surface area contributed by atoms with Gasteiger partial charge in [0.1, 0.15) is 11.9 Å². The van der Waals surface area contributed by atoms with Gasteiger partial charge in [-0.1, -0.05) is 24.3 Å². The van der Waals surface area contributed by atoms with E-state index in [9.17, 15) is 9.50 Å². The molecule has 4 nitrogen and oxygen atoms in total. The summed E-state index contributed by atoms with van der Waals surface area (Å²) in [6.45, 7) is 0. The molecule has 0 bridgehead atoms. The van der Waals surface area contributed by atoms with E-state index in [1.807, 2.05) is 48.7 Å². The molecule has 0 aliphatic rings. The highest BCUT2D eigenvalue weighted by atomic mass is 19.1. The van der Waals surface area contributed by atoms with Gasteiger partial charge in [-0.05, 0) is 48.0 Å². The number of aromatic nitrogens is 3. The van der Waals surface area contributed by atoms with Gasteiger partial charge in [-0.3, -0.25) is 0 Å². The van der Waals surface area contributed by atoms with Crippen molar-refractivity contribution in [2.24, 2.45) is 0 Å². The quantitative estimate of drug-likeness (QED) is 0.491. The van der Waals surface area contributed by atoms with Crippen LogP contribution in [-0.4, -0.2) is 19.9 Å². The second-order valence-corrected chi connectivity index (χ2v) is 6.54. The van der Waals surface area contributed by atoms with E-state index < -0.39 is 6.10 Å². The first-order chi connectivity index (χ1) is 13.2. The second-order valence-electron chi connectivity index (χ2n) is 6.54. The molecule has 1 atom stereocenters. The van der Waals surface area contributed by atoms with E-state index >= 15 is 0 Å². The lowest BCUT2D eigenvalue weighted by Crippen LogP contribution is -1.99. The number of nitrogens with zero attached hydrogens (tertiary/aromatic N) is 2. The van der Waals surface area contributed by atoms with Gasteiger partial charge in [0.05, 0.1) is 17.4 Å². The second kappa shape index (κ2) is 6.07. The third kappa shape index (κ3) is 2.60. The maximum absolute atomic E-state index is 13.2. The fraction of sp³-hybridized carbons (Fsp3) is 0.0455. The first-order valence-electron chi connectivity index (χ1n) is 8.68. The third-order valence-electron chi connectivity index (χ3n) is 4.89. The number of H-pyrrole nitrogens is 1. The number of halogens is 1. The Hall–Kier alpha value is -3.44. The molecular weight excluding hydrogens is 341 g/mol. The largest absolute Gasteiger partial charge is 0.384 e. The Labute approximate surface area is 154 Å². The molecule has 0 amide bonds. The molecule has 2 N–H and O–H groups in total. The number of fused-ring (bicyclic) bond motifs is 2. The summed E-state index contributed by atoms with van der Waals surface area (Å²) in [6.07, 6.45) is 2.87. The van der Waals surface area contributed by atoms with Gasteiger partial charge in [-0.2, -0.15) is 5.10 Å². The molecule has 2 aromatic heterocycles. The number of aliphatic hydroxyl groups is 1. The van der Waals surface area contributed by atoms with Gasteiger partial charge in [0, 0.05) is 28.0 Å². The highest BCUT2D eigenvalue weighted by molar-refractivity contribution is 5.85. The summed E-state index contributed by atoms with van der Waals surface area (Å²) in [7, 11) is 0. The third-order valence-corrected chi connectivity index (χ3v) is 4.89. The van der Waals surface area contributed by atoms with E-state index in [0.29, 0.717) is 0 Å².